The SMILES string of the molecule is Cc1ccc(Br)c(NC2CCOC3(CCCCC3)C2)c1. The molecule has 1 spiro atoms. The van der Waals surface area contributed by atoms with Gasteiger partial charge in [-0.3, -0.25) is 0 Å². The summed E-state index contributed by atoms with van der Waals surface area (Å²) in [6.07, 6.45) is 8.82. The summed E-state index contributed by atoms with van der Waals surface area (Å²) < 4.78 is 7.34. The Hall–Kier alpha value is -0.540. The zero-order valence-corrected chi connectivity index (χ0v) is 13.8. The molecule has 110 valence electrons. The van der Waals surface area contributed by atoms with Gasteiger partial charge >= 0.3 is 0 Å². The standard InChI is InChI=1S/C17H24BrNO/c1-13-5-6-15(18)16(11-13)19-14-7-10-20-17(12-14)8-3-2-4-9-17/h5-6,11,14,19H,2-4,7-10,12H2,1H3. The number of rotatable bonds is 2. The van der Waals surface area contributed by atoms with Crippen LogP contribution >= 0.6 is 15.9 Å². The van der Waals surface area contributed by atoms with E-state index in [1.165, 1.54) is 43.4 Å². The quantitative estimate of drug-likeness (QED) is 0.815. The van der Waals surface area contributed by atoms with E-state index >= 15 is 0 Å². The second-order valence-electron chi connectivity index (χ2n) is 6.41. The van der Waals surface area contributed by atoms with E-state index in [-0.39, 0.29) is 5.60 Å². The van der Waals surface area contributed by atoms with Gasteiger partial charge in [0.1, 0.15) is 0 Å². The van der Waals surface area contributed by atoms with Crippen LogP contribution in [0.3, 0.4) is 0 Å². The third kappa shape index (κ3) is 3.20. The first-order valence-electron chi connectivity index (χ1n) is 7.84. The first-order valence-corrected chi connectivity index (χ1v) is 8.63. The minimum Gasteiger partial charge on any atom is -0.381 e. The molecule has 0 bridgehead atoms. The van der Waals surface area contributed by atoms with Crippen molar-refractivity contribution in [1.82, 2.24) is 0 Å². The van der Waals surface area contributed by atoms with Crippen molar-refractivity contribution in [3.8, 4) is 0 Å². The number of aryl methyl sites for hydroxylation is 1. The fraction of sp³-hybridized carbons (Fsp3) is 0.647. The Morgan fingerprint density at radius 2 is 2.05 bits per heavy atom. The number of hydrogen-bond donors (Lipinski definition) is 1. The predicted octanol–water partition coefficient (Wildman–Crippen LogP) is 5.05. The summed E-state index contributed by atoms with van der Waals surface area (Å²) in [5.41, 5.74) is 2.70. The second kappa shape index (κ2) is 6.07. The third-order valence-corrected chi connectivity index (χ3v) is 5.43. The number of benzene rings is 1. The van der Waals surface area contributed by atoms with Crippen LogP contribution in [0.4, 0.5) is 5.69 Å². The van der Waals surface area contributed by atoms with E-state index in [0.717, 1.165) is 23.9 Å². The van der Waals surface area contributed by atoms with Crippen LogP contribution in [0.2, 0.25) is 0 Å². The Kier molecular flexibility index (Phi) is 4.37. The van der Waals surface area contributed by atoms with Gasteiger partial charge in [-0.2, -0.15) is 0 Å². The average molecular weight is 338 g/mol. The molecule has 1 heterocycles. The molecule has 1 saturated carbocycles. The molecule has 2 nitrogen and oxygen atoms in total. The summed E-state index contributed by atoms with van der Waals surface area (Å²) in [6.45, 7) is 3.05. The van der Waals surface area contributed by atoms with Crippen LogP contribution in [-0.2, 0) is 4.74 Å². The zero-order valence-electron chi connectivity index (χ0n) is 12.3. The van der Waals surface area contributed by atoms with E-state index in [4.69, 9.17) is 4.74 Å². The molecule has 2 aliphatic rings. The predicted molar refractivity (Wildman–Crippen MR) is 87.3 cm³/mol. The van der Waals surface area contributed by atoms with Crippen LogP contribution in [0.1, 0.15) is 50.5 Å². The lowest BCUT2D eigenvalue weighted by Gasteiger charge is -2.44. The highest BCUT2D eigenvalue weighted by Gasteiger charge is 2.38. The molecule has 3 heteroatoms. The fourth-order valence-electron chi connectivity index (χ4n) is 3.67. The van der Waals surface area contributed by atoms with E-state index in [2.05, 4.69) is 46.4 Å². The Morgan fingerprint density at radius 1 is 1.25 bits per heavy atom. The van der Waals surface area contributed by atoms with Gasteiger partial charge in [-0.1, -0.05) is 25.3 Å². The van der Waals surface area contributed by atoms with E-state index in [9.17, 15) is 0 Å². The molecule has 0 amide bonds. The lowest BCUT2D eigenvalue weighted by atomic mass is 9.78. The summed E-state index contributed by atoms with van der Waals surface area (Å²) in [4.78, 5) is 0. The Bertz CT molecular complexity index is 463. The van der Waals surface area contributed by atoms with E-state index < -0.39 is 0 Å². The molecule has 1 aromatic carbocycles. The molecule has 0 aromatic heterocycles. The number of nitrogens with one attached hydrogen (secondary N) is 1. The molecule has 1 unspecified atom stereocenters. The van der Waals surface area contributed by atoms with Crippen molar-refractivity contribution in [3.05, 3.63) is 28.2 Å². The largest absolute Gasteiger partial charge is 0.381 e. The molecule has 1 atom stereocenters. The minimum atomic E-state index is 0.171. The van der Waals surface area contributed by atoms with Crippen molar-refractivity contribution in [1.29, 1.82) is 0 Å². The summed E-state index contributed by atoms with van der Waals surface area (Å²) >= 11 is 3.65. The van der Waals surface area contributed by atoms with Gasteiger partial charge in [-0.25, -0.2) is 0 Å². The van der Waals surface area contributed by atoms with Gasteiger partial charge in [0.2, 0.25) is 0 Å². The molecular weight excluding hydrogens is 314 g/mol. The lowest BCUT2D eigenvalue weighted by Crippen LogP contribution is -2.45. The molecule has 20 heavy (non-hydrogen) atoms. The molecular formula is C17H24BrNO. The summed E-state index contributed by atoms with van der Waals surface area (Å²) in [5, 5.41) is 3.73. The Balaban J connectivity index is 1.69. The average Bonchev–Trinajstić information content (AvgIpc) is 2.44. The van der Waals surface area contributed by atoms with Crippen LogP contribution < -0.4 is 5.32 Å². The lowest BCUT2D eigenvalue weighted by molar-refractivity contribution is -0.103. The fourth-order valence-corrected chi connectivity index (χ4v) is 4.03. The van der Waals surface area contributed by atoms with Crippen LogP contribution in [0.25, 0.3) is 0 Å². The highest BCUT2D eigenvalue weighted by molar-refractivity contribution is 9.10. The van der Waals surface area contributed by atoms with E-state index in [1.54, 1.807) is 0 Å². The van der Waals surface area contributed by atoms with Crippen molar-refractivity contribution in [2.24, 2.45) is 0 Å². The Morgan fingerprint density at radius 3 is 2.85 bits per heavy atom. The minimum absolute atomic E-state index is 0.171. The molecule has 1 aromatic rings. The molecule has 1 saturated heterocycles. The highest BCUT2D eigenvalue weighted by atomic mass is 79.9. The van der Waals surface area contributed by atoms with Crippen molar-refractivity contribution in [3.63, 3.8) is 0 Å². The second-order valence-corrected chi connectivity index (χ2v) is 7.26. The highest BCUT2D eigenvalue weighted by Crippen LogP contribution is 2.39. The van der Waals surface area contributed by atoms with Crippen LogP contribution in [-0.4, -0.2) is 18.2 Å². The topological polar surface area (TPSA) is 21.3 Å². The maximum atomic E-state index is 6.18. The van der Waals surface area contributed by atoms with Gasteiger partial charge in [0.25, 0.3) is 0 Å². The Labute approximate surface area is 130 Å². The van der Waals surface area contributed by atoms with E-state index in [0.29, 0.717) is 6.04 Å². The van der Waals surface area contributed by atoms with Crippen LogP contribution in [0, 0.1) is 6.92 Å². The molecule has 1 N–H and O–H groups in total. The van der Waals surface area contributed by atoms with E-state index in [1.807, 2.05) is 0 Å². The van der Waals surface area contributed by atoms with Crippen molar-refractivity contribution in [2.75, 3.05) is 11.9 Å². The van der Waals surface area contributed by atoms with Crippen molar-refractivity contribution >= 4 is 21.6 Å². The van der Waals surface area contributed by atoms with Gasteiger partial charge in [0, 0.05) is 22.8 Å². The first-order chi connectivity index (χ1) is 9.67. The maximum Gasteiger partial charge on any atom is 0.0702 e. The van der Waals surface area contributed by atoms with Crippen LogP contribution in [0.5, 0.6) is 0 Å². The first kappa shape index (κ1) is 14.4. The number of anilines is 1. The van der Waals surface area contributed by atoms with Gasteiger partial charge in [0.15, 0.2) is 0 Å². The monoisotopic (exact) mass is 337 g/mol. The van der Waals surface area contributed by atoms with Gasteiger partial charge < -0.3 is 10.1 Å². The smallest absolute Gasteiger partial charge is 0.0702 e. The van der Waals surface area contributed by atoms with Crippen molar-refractivity contribution < 1.29 is 4.74 Å². The normalized spacial score (nSPS) is 25.6. The van der Waals surface area contributed by atoms with Gasteiger partial charge in [-0.15, -0.1) is 0 Å². The van der Waals surface area contributed by atoms with Gasteiger partial charge in [-0.05, 0) is 66.2 Å². The molecule has 2 fully saturated rings. The summed E-state index contributed by atoms with van der Waals surface area (Å²) in [7, 11) is 0. The summed E-state index contributed by atoms with van der Waals surface area (Å²) in [5.74, 6) is 0. The molecule has 1 aliphatic carbocycles. The number of halogens is 1. The number of ether oxygens (including phenoxy) is 1. The number of hydrogen-bond acceptors (Lipinski definition) is 2. The molecule has 0 radical (unpaired) electrons. The molecule has 1 aliphatic heterocycles. The summed E-state index contributed by atoms with van der Waals surface area (Å²) in [6, 6.07) is 7.04. The maximum absolute atomic E-state index is 6.18. The zero-order chi connectivity index (χ0) is 14.0. The van der Waals surface area contributed by atoms with Crippen molar-refractivity contribution in [2.45, 2.75) is 63.5 Å². The molecule has 3 rings (SSSR count). The van der Waals surface area contributed by atoms with Gasteiger partial charge in [0.05, 0.1) is 5.60 Å². The van der Waals surface area contributed by atoms with Crippen LogP contribution in [0.15, 0.2) is 22.7 Å². The third-order valence-electron chi connectivity index (χ3n) is 4.74.